The molecular weight excluding hydrogens is 297 g/mol. The first-order valence-electron chi connectivity index (χ1n) is 6.60. The summed E-state index contributed by atoms with van der Waals surface area (Å²) in [5.74, 6) is -0.798. The first-order valence-corrected chi connectivity index (χ1v) is 6.60. The summed E-state index contributed by atoms with van der Waals surface area (Å²) in [6.07, 6.45) is -4.50. The van der Waals surface area contributed by atoms with Crippen molar-refractivity contribution in [3.63, 3.8) is 0 Å². The van der Waals surface area contributed by atoms with Crippen LogP contribution in [-0.4, -0.2) is 23.4 Å². The predicted molar refractivity (Wildman–Crippen MR) is 74.9 cm³/mol. The van der Waals surface area contributed by atoms with Crippen molar-refractivity contribution in [1.82, 2.24) is 0 Å². The van der Waals surface area contributed by atoms with Crippen molar-refractivity contribution in [2.24, 2.45) is 0 Å². The molecule has 2 rings (SSSR count). The number of aliphatic hydroxyl groups is 1. The van der Waals surface area contributed by atoms with Gasteiger partial charge in [-0.25, -0.2) is 0 Å². The van der Waals surface area contributed by atoms with Crippen LogP contribution in [0.4, 0.5) is 13.2 Å². The summed E-state index contributed by atoms with van der Waals surface area (Å²) in [6, 6.07) is 11.1. The molecule has 6 heteroatoms. The monoisotopic (exact) mass is 312 g/mol. The van der Waals surface area contributed by atoms with Gasteiger partial charge in [0.15, 0.2) is 0 Å². The number of benzene rings is 2. The Morgan fingerprint density at radius 3 is 2.41 bits per heavy atom. The number of hydrogen-bond acceptors (Lipinski definition) is 3. The van der Waals surface area contributed by atoms with Crippen LogP contribution >= 0.6 is 0 Å². The molecular formula is C16H15F3O3. The zero-order valence-electron chi connectivity index (χ0n) is 11.5. The highest BCUT2D eigenvalue weighted by atomic mass is 19.4. The minimum Gasteiger partial charge on any atom is -0.508 e. The fraction of sp³-hybridized carbons (Fsp3) is 0.250. The molecule has 0 amide bonds. The van der Waals surface area contributed by atoms with Gasteiger partial charge in [0.25, 0.3) is 0 Å². The zero-order chi connectivity index (χ0) is 16.2. The highest BCUT2D eigenvalue weighted by Gasteiger charge is 2.34. The van der Waals surface area contributed by atoms with Gasteiger partial charge in [0.2, 0.25) is 0 Å². The van der Waals surface area contributed by atoms with E-state index in [1.807, 2.05) is 0 Å². The van der Waals surface area contributed by atoms with Gasteiger partial charge in [0.1, 0.15) is 11.5 Å². The van der Waals surface area contributed by atoms with Gasteiger partial charge < -0.3 is 14.9 Å². The van der Waals surface area contributed by atoms with E-state index >= 15 is 0 Å². The van der Waals surface area contributed by atoms with Crippen LogP contribution in [0.5, 0.6) is 11.5 Å². The fourth-order valence-corrected chi connectivity index (χ4v) is 2.05. The topological polar surface area (TPSA) is 49.7 Å². The van der Waals surface area contributed by atoms with Crippen LogP contribution in [0.15, 0.2) is 48.5 Å². The quantitative estimate of drug-likeness (QED) is 0.887. The maximum atomic E-state index is 12.9. The van der Waals surface area contributed by atoms with E-state index in [-0.39, 0.29) is 24.7 Å². The van der Waals surface area contributed by atoms with Gasteiger partial charge in [0.05, 0.1) is 18.8 Å². The van der Waals surface area contributed by atoms with Crippen LogP contribution in [0.2, 0.25) is 0 Å². The van der Waals surface area contributed by atoms with Gasteiger partial charge in [-0.15, -0.1) is 0 Å². The molecule has 0 aliphatic rings. The van der Waals surface area contributed by atoms with Crippen molar-refractivity contribution in [2.75, 3.05) is 13.2 Å². The largest absolute Gasteiger partial charge is 0.508 e. The molecule has 118 valence electrons. The molecule has 2 aromatic rings. The summed E-state index contributed by atoms with van der Waals surface area (Å²) in [5.41, 5.74) is -0.269. The first kappa shape index (κ1) is 16.2. The molecule has 0 saturated carbocycles. The molecule has 2 aromatic carbocycles. The van der Waals surface area contributed by atoms with Gasteiger partial charge in [-0.05, 0) is 29.8 Å². The highest BCUT2D eigenvalue weighted by Crippen LogP contribution is 2.36. The predicted octanol–water partition coefficient (Wildman–Crippen LogP) is 3.57. The molecule has 0 fully saturated rings. The van der Waals surface area contributed by atoms with Crippen LogP contribution in [0.3, 0.4) is 0 Å². The van der Waals surface area contributed by atoms with E-state index in [2.05, 4.69) is 0 Å². The second-order valence-electron chi connectivity index (χ2n) is 4.78. The van der Waals surface area contributed by atoms with Crippen molar-refractivity contribution in [2.45, 2.75) is 12.1 Å². The first-order chi connectivity index (χ1) is 10.4. The molecule has 3 nitrogen and oxygen atoms in total. The van der Waals surface area contributed by atoms with E-state index in [0.29, 0.717) is 5.56 Å². The summed E-state index contributed by atoms with van der Waals surface area (Å²) in [5, 5.41) is 18.8. The number of rotatable bonds is 5. The lowest BCUT2D eigenvalue weighted by Crippen LogP contribution is -2.16. The van der Waals surface area contributed by atoms with Crippen molar-refractivity contribution in [1.29, 1.82) is 0 Å². The van der Waals surface area contributed by atoms with E-state index in [9.17, 15) is 23.4 Å². The molecule has 0 aliphatic heterocycles. The normalized spacial score (nSPS) is 12.9. The third kappa shape index (κ3) is 3.92. The molecule has 0 bridgehead atoms. The fourth-order valence-electron chi connectivity index (χ4n) is 2.05. The Balaban J connectivity index is 2.15. The molecule has 0 heterocycles. The molecule has 22 heavy (non-hydrogen) atoms. The van der Waals surface area contributed by atoms with Gasteiger partial charge >= 0.3 is 6.18 Å². The molecule has 0 aliphatic carbocycles. The Morgan fingerprint density at radius 1 is 1.05 bits per heavy atom. The number of hydrogen-bond donors (Lipinski definition) is 2. The van der Waals surface area contributed by atoms with Crippen LogP contribution in [0.25, 0.3) is 0 Å². The minimum atomic E-state index is -4.50. The van der Waals surface area contributed by atoms with Gasteiger partial charge in [0, 0.05) is 5.92 Å². The Hall–Kier alpha value is -2.21. The lowest BCUT2D eigenvalue weighted by molar-refractivity contribution is -0.139. The molecule has 0 saturated heterocycles. The molecule has 0 aromatic heterocycles. The van der Waals surface area contributed by atoms with Crippen molar-refractivity contribution in [3.8, 4) is 11.5 Å². The Labute approximate surface area is 125 Å². The molecule has 1 atom stereocenters. The number of aromatic hydroxyl groups is 1. The minimum absolute atomic E-state index is 0.0200. The summed E-state index contributed by atoms with van der Waals surface area (Å²) in [7, 11) is 0. The summed E-state index contributed by atoms with van der Waals surface area (Å²) in [4.78, 5) is 0. The molecule has 0 radical (unpaired) electrons. The second-order valence-corrected chi connectivity index (χ2v) is 4.78. The highest BCUT2D eigenvalue weighted by molar-refractivity contribution is 5.36. The molecule has 0 spiro atoms. The molecule has 2 N–H and O–H groups in total. The number of alkyl halides is 3. The van der Waals surface area contributed by atoms with Gasteiger partial charge in [-0.3, -0.25) is 0 Å². The Bertz CT molecular complexity index is 626. The van der Waals surface area contributed by atoms with Gasteiger partial charge in [-0.1, -0.05) is 24.3 Å². The van der Waals surface area contributed by atoms with E-state index < -0.39 is 17.7 Å². The molecule has 1 unspecified atom stereocenters. The number of phenols is 1. The average Bonchev–Trinajstić information content (AvgIpc) is 2.47. The van der Waals surface area contributed by atoms with E-state index in [1.165, 1.54) is 30.3 Å². The van der Waals surface area contributed by atoms with E-state index in [0.717, 1.165) is 6.07 Å². The third-order valence-electron chi connectivity index (χ3n) is 3.19. The number of halogens is 3. The SMILES string of the molecule is OCC(COc1ccccc1C(F)(F)F)c1cccc(O)c1. The summed E-state index contributed by atoms with van der Waals surface area (Å²) in [6.45, 7) is -0.440. The van der Waals surface area contributed by atoms with Crippen LogP contribution in [0, 0.1) is 0 Å². The second kappa shape index (κ2) is 6.70. The lowest BCUT2D eigenvalue weighted by atomic mass is 10.0. The van der Waals surface area contributed by atoms with Crippen molar-refractivity contribution >= 4 is 0 Å². The zero-order valence-corrected chi connectivity index (χ0v) is 11.5. The maximum absolute atomic E-state index is 12.9. The number of ether oxygens (including phenoxy) is 1. The Kier molecular flexibility index (Phi) is 4.92. The van der Waals surface area contributed by atoms with Crippen LogP contribution in [0.1, 0.15) is 17.0 Å². The number of phenolic OH excluding ortho intramolecular Hbond substituents is 1. The lowest BCUT2D eigenvalue weighted by Gasteiger charge is -2.18. The van der Waals surface area contributed by atoms with E-state index in [1.54, 1.807) is 12.1 Å². The number of aliphatic hydroxyl groups excluding tert-OH is 1. The van der Waals surface area contributed by atoms with Crippen molar-refractivity contribution in [3.05, 3.63) is 59.7 Å². The summed E-state index contributed by atoms with van der Waals surface area (Å²) < 4.78 is 43.9. The number of para-hydroxylation sites is 1. The van der Waals surface area contributed by atoms with Gasteiger partial charge in [-0.2, -0.15) is 13.2 Å². The summed E-state index contributed by atoms with van der Waals surface area (Å²) >= 11 is 0. The third-order valence-corrected chi connectivity index (χ3v) is 3.19. The van der Waals surface area contributed by atoms with Crippen LogP contribution in [-0.2, 0) is 6.18 Å². The maximum Gasteiger partial charge on any atom is 0.419 e. The smallest absolute Gasteiger partial charge is 0.419 e. The van der Waals surface area contributed by atoms with Crippen LogP contribution < -0.4 is 4.74 Å². The average molecular weight is 312 g/mol. The standard InChI is InChI=1S/C16H15F3O3/c17-16(18,19)14-6-1-2-7-15(14)22-10-12(9-20)11-4-3-5-13(21)8-11/h1-8,12,20-21H,9-10H2. The Morgan fingerprint density at radius 2 is 1.77 bits per heavy atom. The van der Waals surface area contributed by atoms with E-state index in [4.69, 9.17) is 4.74 Å². The van der Waals surface area contributed by atoms with Crippen molar-refractivity contribution < 1.29 is 28.1 Å².